The van der Waals surface area contributed by atoms with Gasteiger partial charge < -0.3 is 10.2 Å². The molecule has 0 aliphatic carbocycles. The smallest absolute Gasteiger partial charge is 0.255 e. The summed E-state index contributed by atoms with van der Waals surface area (Å²) in [7, 11) is 3.36. The van der Waals surface area contributed by atoms with Gasteiger partial charge >= 0.3 is 0 Å². The van der Waals surface area contributed by atoms with E-state index in [4.69, 9.17) is 23.2 Å². The molecule has 114 valence electrons. The Balaban J connectivity index is 2.13. The number of rotatable bonds is 3. The van der Waals surface area contributed by atoms with E-state index < -0.39 is 0 Å². The van der Waals surface area contributed by atoms with Crippen LogP contribution < -0.4 is 5.32 Å². The van der Waals surface area contributed by atoms with Crippen molar-refractivity contribution in [2.24, 2.45) is 0 Å². The Kier molecular flexibility index (Phi) is 5.06. The molecule has 0 unspecified atom stereocenters. The number of carbonyl (C=O) groups is 2. The summed E-state index contributed by atoms with van der Waals surface area (Å²) in [4.78, 5) is 25.4. The molecule has 0 saturated heterocycles. The first kappa shape index (κ1) is 16.3. The second kappa shape index (κ2) is 6.81. The number of hydrogen-bond donors (Lipinski definition) is 1. The molecule has 0 aliphatic rings. The summed E-state index contributed by atoms with van der Waals surface area (Å²) in [5.41, 5.74) is 1.50. The maximum atomic E-state index is 12.1. The SMILES string of the molecule is CN(C)C(=O)c1ccc(NC(=O)c2cc(Cl)cc(Cl)c2)cc1. The topological polar surface area (TPSA) is 49.4 Å². The monoisotopic (exact) mass is 336 g/mol. The van der Waals surface area contributed by atoms with Gasteiger partial charge in [-0.05, 0) is 42.5 Å². The van der Waals surface area contributed by atoms with Crippen molar-refractivity contribution in [3.63, 3.8) is 0 Å². The minimum Gasteiger partial charge on any atom is -0.345 e. The van der Waals surface area contributed by atoms with E-state index in [1.807, 2.05) is 0 Å². The predicted molar refractivity (Wildman–Crippen MR) is 88.9 cm³/mol. The van der Waals surface area contributed by atoms with Crippen LogP contribution in [0.25, 0.3) is 0 Å². The average molecular weight is 337 g/mol. The van der Waals surface area contributed by atoms with Crippen molar-refractivity contribution in [1.29, 1.82) is 0 Å². The van der Waals surface area contributed by atoms with Crippen LogP contribution in [0.15, 0.2) is 42.5 Å². The molecular weight excluding hydrogens is 323 g/mol. The quantitative estimate of drug-likeness (QED) is 0.922. The average Bonchev–Trinajstić information content (AvgIpc) is 2.46. The van der Waals surface area contributed by atoms with Crippen LogP contribution in [-0.4, -0.2) is 30.8 Å². The first-order valence-corrected chi connectivity index (χ1v) is 7.21. The zero-order valence-corrected chi connectivity index (χ0v) is 13.6. The Labute approximate surface area is 138 Å². The summed E-state index contributed by atoms with van der Waals surface area (Å²) in [6, 6.07) is 11.3. The number of anilines is 1. The van der Waals surface area contributed by atoms with Crippen LogP contribution in [0.3, 0.4) is 0 Å². The third-order valence-corrected chi connectivity index (χ3v) is 3.36. The molecule has 2 aromatic rings. The molecule has 0 aromatic heterocycles. The summed E-state index contributed by atoms with van der Waals surface area (Å²) in [6.45, 7) is 0. The lowest BCUT2D eigenvalue weighted by Crippen LogP contribution is -2.21. The molecule has 6 heteroatoms. The molecule has 0 atom stereocenters. The first-order valence-electron chi connectivity index (χ1n) is 6.46. The summed E-state index contributed by atoms with van der Waals surface area (Å²) in [5.74, 6) is -0.421. The molecule has 22 heavy (non-hydrogen) atoms. The number of nitrogens with zero attached hydrogens (tertiary/aromatic N) is 1. The standard InChI is InChI=1S/C16H14Cl2N2O2/c1-20(2)16(22)10-3-5-14(6-4-10)19-15(21)11-7-12(17)9-13(18)8-11/h3-9H,1-2H3,(H,19,21). The fraction of sp³-hybridized carbons (Fsp3) is 0.125. The highest BCUT2D eigenvalue weighted by atomic mass is 35.5. The Morgan fingerprint density at radius 1 is 0.909 bits per heavy atom. The van der Waals surface area contributed by atoms with Crippen molar-refractivity contribution >= 4 is 40.7 Å². The van der Waals surface area contributed by atoms with Crippen LogP contribution >= 0.6 is 23.2 Å². The lowest BCUT2D eigenvalue weighted by molar-refractivity contribution is 0.0827. The van der Waals surface area contributed by atoms with Gasteiger partial charge in [0.15, 0.2) is 0 Å². The van der Waals surface area contributed by atoms with Crippen LogP contribution in [0.2, 0.25) is 10.0 Å². The molecule has 2 rings (SSSR count). The fourth-order valence-electron chi connectivity index (χ4n) is 1.84. The minimum atomic E-state index is -0.323. The predicted octanol–water partition coefficient (Wildman–Crippen LogP) is 3.95. The van der Waals surface area contributed by atoms with Crippen molar-refractivity contribution in [1.82, 2.24) is 4.90 Å². The van der Waals surface area contributed by atoms with Crippen LogP contribution in [0.1, 0.15) is 20.7 Å². The van der Waals surface area contributed by atoms with E-state index in [9.17, 15) is 9.59 Å². The second-order valence-corrected chi connectivity index (χ2v) is 5.76. The maximum absolute atomic E-state index is 12.1. The Hall–Kier alpha value is -2.04. The van der Waals surface area contributed by atoms with E-state index in [1.54, 1.807) is 44.4 Å². The lowest BCUT2D eigenvalue weighted by atomic mass is 10.1. The van der Waals surface area contributed by atoms with E-state index in [-0.39, 0.29) is 11.8 Å². The normalized spacial score (nSPS) is 10.2. The molecule has 0 saturated carbocycles. The van der Waals surface area contributed by atoms with E-state index in [0.29, 0.717) is 26.9 Å². The fourth-order valence-corrected chi connectivity index (χ4v) is 2.37. The number of nitrogens with one attached hydrogen (secondary N) is 1. The number of halogens is 2. The van der Waals surface area contributed by atoms with Gasteiger partial charge in [0, 0.05) is 41.0 Å². The highest BCUT2D eigenvalue weighted by Crippen LogP contribution is 2.20. The number of carbonyl (C=O) groups excluding carboxylic acids is 2. The summed E-state index contributed by atoms with van der Waals surface area (Å²) >= 11 is 11.8. The van der Waals surface area contributed by atoms with Crippen molar-refractivity contribution in [3.8, 4) is 0 Å². The Morgan fingerprint density at radius 2 is 1.45 bits per heavy atom. The molecule has 0 fully saturated rings. The minimum absolute atomic E-state index is 0.0977. The van der Waals surface area contributed by atoms with E-state index in [0.717, 1.165) is 0 Å². The Morgan fingerprint density at radius 3 is 1.95 bits per heavy atom. The summed E-state index contributed by atoms with van der Waals surface area (Å²) in [6.07, 6.45) is 0. The molecule has 4 nitrogen and oxygen atoms in total. The van der Waals surface area contributed by atoms with Gasteiger partial charge in [-0.15, -0.1) is 0 Å². The van der Waals surface area contributed by atoms with E-state index >= 15 is 0 Å². The first-order chi connectivity index (χ1) is 10.4. The Bertz CT molecular complexity index is 692. The van der Waals surface area contributed by atoms with Gasteiger partial charge in [0.1, 0.15) is 0 Å². The van der Waals surface area contributed by atoms with Gasteiger partial charge in [0.05, 0.1) is 0 Å². The molecule has 0 radical (unpaired) electrons. The highest BCUT2D eigenvalue weighted by Gasteiger charge is 2.10. The summed E-state index contributed by atoms with van der Waals surface area (Å²) in [5, 5.41) is 3.51. The molecule has 2 aromatic carbocycles. The number of benzene rings is 2. The maximum Gasteiger partial charge on any atom is 0.255 e. The van der Waals surface area contributed by atoms with Crippen LogP contribution in [0, 0.1) is 0 Å². The third kappa shape index (κ3) is 4.00. The van der Waals surface area contributed by atoms with Crippen LogP contribution in [-0.2, 0) is 0 Å². The zero-order chi connectivity index (χ0) is 16.3. The second-order valence-electron chi connectivity index (χ2n) is 4.89. The van der Waals surface area contributed by atoms with Crippen molar-refractivity contribution in [2.75, 3.05) is 19.4 Å². The lowest BCUT2D eigenvalue weighted by Gasteiger charge is -2.11. The molecular formula is C16H14Cl2N2O2. The van der Waals surface area contributed by atoms with Crippen molar-refractivity contribution in [2.45, 2.75) is 0 Å². The van der Waals surface area contributed by atoms with E-state index in [1.165, 1.54) is 17.0 Å². The van der Waals surface area contributed by atoms with Gasteiger partial charge in [-0.3, -0.25) is 9.59 Å². The number of amides is 2. The summed E-state index contributed by atoms with van der Waals surface area (Å²) < 4.78 is 0. The van der Waals surface area contributed by atoms with Gasteiger partial charge in [-0.1, -0.05) is 23.2 Å². The molecule has 0 heterocycles. The van der Waals surface area contributed by atoms with Crippen molar-refractivity contribution in [3.05, 3.63) is 63.6 Å². The molecule has 2 amide bonds. The zero-order valence-electron chi connectivity index (χ0n) is 12.1. The molecule has 0 bridgehead atoms. The molecule has 0 aliphatic heterocycles. The third-order valence-electron chi connectivity index (χ3n) is 2.92. The molecule has 1 N–H and O–H groups in total. The molecule has 0 spiro atoms. The van der Waals surface area contributed by atoms with Crippen LogP contribution in [0.4, 0.5) is 5.69 Å². The van der Waals surface area contributed by atoms with Gasteiger partial charge in [0.25, 0.3) is 11.8 Å². The van der Waals surface area contributed by atoms with E-state index in [2.05, 4.69) is 5.32 Å². The largest absolute Gasteiger partial charge is 0.345 e. The van der Waals surface area contributed by atoms with Gasteiger partial charge in [0.2, 0.25) is 0 Å². The van der Waals surface area contributed by atoms with Crippen molar-refractivity contribution < 1.29 is 9.59 Å². The van der Waals surface area contributed by atoms with Gasteiger partial charge in [-0.25, -0.2) is 0 Å². The van der Waals surface area contributed by atoms with Gasteiger partial charge in [-0.2, -0.15) is 0 Å². The number of hydrogen-bond acceptors (Lipinski definition) is 2. The van der Waals surface area contributed by atoms with Crippen LogP contribution in [0.5, 0.6) is 0 Å². The highest BCUT2D eigenvalue weighted by molar-refractivity contribution is 6.35.